The highest BCUT2D eigenvalue weighted by Crippen LogP contribution is 2.21. The molecule has 0 atom stereocenters. The SMILES string of the molecule is CCOCCCNC(=NC)NCC(C)(C)c1ccccc1. The van der Waals surface area contributed by atoms with E-state index in [0.29, 0.717) is 0 Å². The van der Waals surface area contributed by atoms with Crippen molar-refractivity contribution in [3.63, 3.8) is 0 Å². The van der Waals surface area contributed by atoms with E-state index in [-0.39, 0.29) is 5.41 Å². The summed E-state index contributed by atoms with van der Waals surface area (Å²) in [6.07, 6.45) is 0.983. The summed E-state index contributed by atoms with van der Waals surface area (Å²) in [4.78, 5) is 4.26. The van der Waals surface area contributed by atoms with Crippen molar-refractivity contribution >= 4 is 5.96 Å². The third-order valence-corrected chi connectivity index (χ3v) is 3.44. The zero-order valence-corrected chi connectivity index (χ0v) is 13.8. The van der Waals surface area contributed by atoms with Crippen LogP contribution in [0, 0.1) is 0 Å². The third kappa shape index (κ3) is 6.63. The maximum absolute atomic E-state index is 5.32. The molecule has 0 saturated carbocycles. The van der Waals surface area contributed by atoms with Crippen molar-refractivity contribution in [3.05, 3.63) is 35.9 Å². The van der Waals surface area contributed by atoms with Crippen LogP contribution >= 0.6 is 0 Å². The normalized spacial score (nSPS) is 12.3. The average Bonchev–Trinajstić information content (AvgIpc) is 2.51. The van der Waals surface area contributed by atoms with Crippen molar-refractivity contribution < 1.29 is 4.74 Å². The van der Waals surface area contributed by atoms with Crippen LogP contribution in [-0.4, -0.2) is 39.3 Å². The first-order chi connectivity index (χ1) is 10.1. The van der Waals surface area contributed by atoms with E-state index in [0.717, 1.165) is 38.7 Å². The van der Waals surface area contributed by atoms with E-state index in [1.54, 1.807) is 7.05 Å². The molecule has 1 rings (SSSR count). The first-order valence-electron chi connectivity index (χ1n) is 7.68. The predicted octanol–water partition coefficient (Wildman–Crippen LogP) is 2.56. The summed E-state index contributed by atoms with van der Waals surface area (Å²) < 4.78 is 5.32. The first-order valence-corrected chi connectivity index (χ1v) is 7.68. The van der Waals surface area contributed by atoms with E-state index in [1.807, 2.05) is 13.0 Å². The number of nitrogens with zero attached hydrogens (tertiary/aromatic N) is 1. The Morgan fingerprint density at radius 3 is 2.52 bits per heavy atom. The number of aliphatic imine (C=N–C) groups is 1. The zero-order valence-electron chi connectivity index (χ0n) is 13.8. The number of ether oxygens (including phenoxy) is 1. The van der Waals surface area contributed by atoms with Crippen molar-refractivity contribution in [1.82, 2.24) is 10.6 Å². The smallest absolute Gasteiger partial charge is 0.191 e. The Hall–Kier alpha value is -1.55. The van der Waals surface area contributed by atoms with Gasteiger partial charge in [-0.05, 0) is 18.9 Å². The van der Waals surface area contributed by atoms with Crippen molar-refractivity contribution in [2.45, 2.75) is 32.6 Å². The molecular weight excluding hydrogens is 262 g/mol. The van der Waals surface area contributed by atoms with E-state index < -0.39 is 0 Å². The fraction of sp³-hybridized carbons (Fsp3) is 0.588. The average molecular weight is 291 g/mol. The number of benzene rings is 1. The summed E-state index contributed by atoms with van der Waals surface area (Å²) in [5.41, 5.74) is 1.38. The van der Waals surface area contributed by atoms with Crippen LogP contribution in [0.3, 0.4) is 0 Å². The molecular formula is C17H29N3O. The second kappa shape index (κ2) is 9.40. The van der Waals surface area contributed by atoms with Crippen LogP contribution < -0.4 is 10.6 Å². The molecule has 4 heteroatoms. The van der Waals surface area contributed by atoms with Crippen LogP contribution in [0.5, 0.6) is 0 Å². The molecule has 0 amide bonds. The standard InChI is InChI=1S/C17H29N3O/c1-5-21-13-9-12-19-16(18-4)20-14-17(2,3)15-10-7-6-8-11-15/h6-8,10-11H,5,9,12-14H2,1-4H3,(H2,18,19,20). The summed E-state index contributed by atoms with van der Waals surface area (Å²) in [6, 6.07) is 10.5. The van der Waals surface area contributed by atoms with Gasteiger partial charge in [-0.25, -0.2) is 0 Å². The van der Waals surface area contributed by atoms with Gasteiger partial charge in [-0.3, -0.25) is 4.99 Å². The molecule has 0 aliphatic heterocycles. The molecule has 0 aliphatic carbocycles. The minimum absolute atomic E-state index is 0.0597. The van der Waals surface area contributed by atoms with Gasteiger partial charge < -0.3 is 15.4 Å². The summed E-state index contributed by atoms with van der Waals surface area (Å²) in [7, 11) is 1.80. The molecule has 21 heavy (non-hydrogen) atoms. The quantitative estimate of drug-likeness (QED) is 0.439. The zero-order chi connectivity index (χ0) is 15.6. The molecule has 1 aromatic carbocycles. The number of nitrogens with one attached hydrogen (secondary N) is 2. The molecule has 2 N–H and O–H groups in total. The molecule has 0 spiro atoms. The summed E-state index contributed by atoms with van der Waals surface area (Å²) >= 11 is 0. The summed E-state index contributed by atoms with van der Waals surface area (Å²) in [6.45, 7) is 9.75. The van der Waals surface area contributed by atoms with Crippen LogP contribution in [0.2, 0.25) is 0 Å². The Labute approximate surface area is 129 Å². The van der Waals surface area contributed by atoms with E-state index in [1.165, 1.54) is 5.56 Å². The Kier molecular flexibility index (Phi) is 7.83. The molecule has 0 fully saturated rings. The molecule has 0 saturated heterocycles. The van der Waals surface area contributed by atoms with Gasteiger partial charge in [0.05, 0.1) is 0 Å². The van der Waals surface area contributed by atoms with Gasteiger partial charge in [-0.15, -0.1) is 0 Å². The van der Waals surface area contributed by atoms with E-state index >= 15 is 0 Å². The Morgan fingerprint density at radius 1 is 1.19 bits per heavy atom. The molecule has 4 nitrogen and oxygen atoms in total. The Balaban J connectivity index is 2.37. The number of hydrogen-bond donors (Lipinski definition) is 2. The monoisotopic (exact) mass is 291 g/mol. The lowest BCUT2D eigenvalue weighted by atomic mass is 9.85. The largest absolute Gasteiger partial charge is 0.382 e. The molecule has 0 aromatic heterocycles. The van der Waals surface area contributed by atoms with Crippen molar-refractivity contribution in [2.75, 3.05) is 33.4 Å². The number of hydrogen-bond acceptors (Lipinski definition) is 2. The van der Waals surface area contributed by atoms with E-state index in [4.69, 9.17) is 4.74 Å². The minimum Gasteiger partial charge on any atom is -0.382 e. The van der Waals surface area contributed by atoms with E-state index in [9.17, 15) is 0 Å². The Morgan fingerprint density at radius 2 is 1.90 bits per heavy atom. The summed E-state index contributed by atoms with van der Waals surface area (Å²) in [5.74, 6) is 0.843. The molecule has 0 bridgehead atoms. The predicted molar refractivity (Wildman–Crippen MR) is 89.9 cm³/mol. The Bertz CT molecular complexity index is 415. The van der Waals surface area contributed by atoms with Crippen molar-refractivity contribution in [3.8, 4) is 0 Å². The molecule has 0 heterocycles. The lowest BCUT2D eigenvalue weighted by Gasteiger charge is -2.26. The molecule has 0 unspecified atom stereocenters. The van der Waals surface area contributed by atoms with Gasteiger partial charge in [0, 0.05) is 38.8 Å². The fourth-order valence-corrected chi connectivity index (χ4v) is 2.04. The van der Waals surface area contributed by atoms with Crippen LogP contribution in [0.1, 0.15) is 32.8 Å². The topological polar surface area (TPSA) is 45.6 Å². The second-order valence-corrected chi connectivity index (χ2v) is 5.65. The van der Waals surface area contributed by atoms with Gasteiger partial charge in [0.2, 0.25) is 0 Å². The van der Waals surface area contributed by atoms with Crippen LogP contribution in [0.4, 0.5) is 0 Å². The number of guanidine groups is 1. The minimum atomic E-state index is 0.0597. The first kappa shape index (κ1) is 17.5. The fourth-order valence-electron chi connectivity index (χ4n) is 2.04. The van der Waals surface area contributed by atoms with Crippen molar-refractivity contribution in [2.24, 2.45) is 4.99 Å². The van der Waals surface area contributed by atoms with Gasteiger partial charge in [0.25, 0.3) is 0 Å². The molecule has 0 aliphatic rings. The highest BCUT2D eigenvalue weighted by Gasteiger charge is 2.20. The number of rotatable bonds is 8. The van der Waals surface area contributed by atoms with Gasteiger partial charge in [0.15, 0.2) is 5.96 Å². The molecule has 0 radical (unpaired) electrons. The van der Waals surface area contributed by atoms with Gasteiger partial charge in [-0.2, -0.15) is 0 Å². The lowest BCUT2D eigenvalue weighted by Crippen LogP contribution is -2.43. The second-order valence-electron chi connectivity index (χ2n) is 5.65. The third-order valence-electron chi connectivity index (χ3n) is 3.44. The van der Waals surface area contributed by atoms with E-state index in [2.05, 4.69) is 53.7 Å². The highest BCUT2D eigenvalue weighted by molar-refractivity contribution is 5.79. The molecule has 118 valence electrons. The van der Waals surface area contributed by atoms with Crippen molar-refractivity contribution in [1.29, 1.82) is 0 Å². The van der Waals surface area contributed by atoms with Gasteiger partial charge >= 0.3 is 0 Å². The summed E-state index contributed by atoms with van der Waals surface area (Å²) in [5, 5.41) is 6.71. The van der Waals surface area contributed by atoms with Gasteiger partial charge in [0.1, 0.15) is 0 Å². The van der Waals surface area contributed by atoms with Crippen LogP contribution in [0.25, 0.3) is 0 Å². The maximum Gasteiger partial charge on any atom is 0.191 e. The highest BCUT2D eigenvalue weighted by atomic mass is 16.5. The molecule has 1 aromatic rings. The maximum atomic E-state index is 5.32. The van der Waals surface area contributed by atoms with Gasteiger partial charge in [-0.1, -0.05) is 44.2 Å². The lowest BCUT2D eigenvalue weighted by molar-refractivity contribution is 0.145. The van der Waals surface area contributed by atoms with Crippen LogP contribution in [-0.2, 0) is 10.2 Å². The van der Waals surface area contributed by atoms with Crippen LogP contribution in [0.15, 0.2) is 35.3 Å².